The Morgan fingerprint density at radius 2 is 1.36 bits per heavy atom. The molecule has 0 saturated carbocycles. The molecule has 12 nitrogen and oxygen atoms in total. The lowest BCUT2D eigenvalue weighted by molar-refractivity contribution is -0.193. The molecular formula is C24H26F6N4O8. The van der Waals surface area contributed by atoms with Crippen molar-refractivity contribution in [1.29, 1.82) is 0 Å². The van der Waals surface area contributed by atoms with Gasteiger partial charge in [0.2, 0.25) is 5.91 Å². The number of aliphatic carboxylic acids is 2. The number of halogens is 6. The summed E-state index contributed by atoms with van der Waals surface area (Å²) >= 11 is 0. The highest BCUT2D eigenvalue weighted by atomic mass is 19.4. The Bertz CT molecular complexity index is 1150. The smallest absolute Gasteiger partial charge is 0.489 e. The van der Waals surface area contributed by atoms with Crippen LogP contribution in [0.5, 0.6) is 5.75 Å². The number of hydrogen-bond acceptors (Lipinski definition) is 8. The minimum Gasteiger partial charge on any atom is -0.489 e. The highest BCUT2D eigenvalue weighted by Gasteiger charge is 2.39. The van der Waals surface area contributed by atoms with Crippen LogP contribution in [0.1, 0.15) is 35.2 Å². The molecule has 1 aliphatic heterocycles. The van der Waals surface area contributed by atoms with Gasteiger partial charge < -0.3 is 25.6 Å². The van der Waals surface area contributed by atoms with E-state index in [-0.39, 0.29) is 12.3 Å². The molecule has 18 heteroatoms. The number of pyridine rings is 1. The Morgan fingerprint density at radius 1 is 0.881 bits per heavy atom. The third kappa shape index (κ3) is 13.3. The van der Waals surface area contributed by atoms with Crippen molar-refractivity contribution >= 4 is 23.8 Å². The van der Waals surface area contributed by atoms with Gasteiger partial charge in [-0.1, -0.05) is 0 Å². The lowest BCUT2D eigenvalue weighted by Gasteiger charge is -2.37. The molecule has 0 spiro atoms. The first kappa shape index (κ1) is 35.6. The summed E-state index contributed by atoms with van der Waals surface area (Å²) in [5, 5.41) is 29.3. The lowest BCUT2D eigenvalue weighted by atomic mass is 9.84. The molecule has 0 atom stereocenters. The molecule has 0 aliphatic carbocycles. The van der Waals surface area contributed by atoms with Crippen molar-refractivity contribution in [3.8, 4) is 5.75 Å². The summed E-state index contributed by atoms with van der Waals surface area (Å²) in [6.45, 7) is 1.81. The van der Waals surface area contributed by atoms with Gasteiger partial charge in [0.25, 0.3) is 5.91 Å². The van der Waals surface area contributed by atoms with Crippen LogP contribution in [-0.2, 0) is 21.0 Å². The standard InChI is InChI=1S/C20H24N4O4.2C2HF3O2/c25-18(24-27)13-20(7-11-22-12-8-20)23-19(26)16-1-3-17(4-2-16)28-14-15-5-9-21-10-6-15;2*3-2(4,5)1(6)7/h1-6,9-10,22,27H,7-8,11-14H2,(H,23,26)(H,24,25);2*(H,6,7). The van der Waals surface area contributed by atoms with Crippen LogP contribution < -0.4 is 20.9 Å². The van der Waals surface area contributed by atoms with Gasteiger partial charge in [0.1, 0.15) is 12.4 Å². The molecule has 3 rings (SSSR count). The zero-order chi connectivity index (χ0) is 32.0. The molecule has 1 aromatic carbocycles. The Kier molecular flexibility index (Phi) is 13.6. The first-order chi connectivity index (χ1) is 19.5. The van der Waals surface area contributed by atoms with E-state index in [1.54, 1.807) is 42.1 Å². The fourth-order valence-corrected chi connectivity index (χ4v) is 3.26. The Labute approximate surface area is 233 Å². The number of benzene rings is 1. The molecular weight excluding hydrogens is 586 g/mol. The molecule has 1 saturated heterocycles. The Hall–Kier alpha value is -4.45. The van der Waals surface area contributed by atoms with E-state index in [4.69, 9.17) is 29.7 Å². The minimum absolute atomic E-state index is 0.0318. The zero-order valence-corrected chi connectivity index (χ0v) is 21.5. The average Bonchev–Trinajstić information content (AvgIpc) is 2.92. The number of alkyl halides is 6. The normalized spacial score (nSPS) is 14.1. The maximum absolute atomic E-state index is 12.7. The molecule has 1 aromatic heterocycles. The Morgan fingerprint density at radius 3 is 1.79 bits per heavy atom. The van der Waals surface area contributed by atoms with Crippen LogP contribution in [0, 0.1) is 0 Å². The van der Waals surface area contributed by atoms with Crippen molar-refractivity contribution in [3.05, 3.63) is 59.9 Å². The van der Waals surface area contributed by atoms with Crippen molar-refractivity contribution in [1.82, 2.24) is 21.1 Å². The number of nitrogens with zero attached hydrogens (tertiary/aromatic N) is 1. The summed E-state index contributed by atoms with van der Waals surface area (Å²) < 4.78 is 69.2. The molecule has 1 fully saturated rings. The number of aromatic nitrogens is 1. The third-order valence-corrected chi connectivity index (χ3v) is 5.32. The second-order valence-corrected chi connectivity index (χ2v) is 8.47. The largest absolute Gasteiger partial charge is 0.490 e. The van der Waals surface area contributed by atoms with E-state index < -0.39 is 35.7 Å². The molecule has 6 N–H and O–H groups in total. The van der Waals surface area contributed by atoms with Gasteiger partial charge in [0.15, 0.2) is 0 Å². The molecule has 42 heavy (non-hydrogen) atoms. The molecule has 2 aromatic rings. The van der Waals surface area contributed by atoms with Crippen molar-refractivity contribution in [3.63, 3.8) is 0 Å². The highest BCUT2D eigenvalue weighted by Crippen LogP contribution is 2.24. The van der Waals surface area contributed by atoms with E-state index in [1.807, 2.05) is 12.1 Å². The molecule has 0 radical (unpaired) electrons. The number of carboxylic acids is 2. The van der Waals surface area contributed by atoms with Gasteiger partial charge in [-0.3, -0.25) is 19.8 Å². The number of ether oxygens (including phenoxy) is 1. The van der Waals surface area contributed by atoms with Gasteiger partial charge in [0.05, 0.1) is 12.0 Å². The fourth-order valence-electron chi connectivity index (χ4n) is 3.26. The van der Waals surface area contributed by atoms with Crippen molar-refractivity contribution in [2.24, 2.45) is 0 Å². The number of carbonyl (C=O) groups excluding carboxylic acids is 2. The van der Waals surface area contributed by atoms with E-state index >= 15 is 0 Å². The van der Waals surface area contributed by atoms with Crippen LogP contribution >= 0.6 is 0 Å². The number of carbonyl (C=O) groups is 4. The summed E-state index contributed by atoms with van der Waals surface area (Å²) in [5.41, 5.74) is 2.47. The van der Waals surface area contributed by atoms with Gasteiger partial charge >= 0.3 is 24.3 Å². The van der Waals surface area contributed by atoms with E-state index in [0.717, 1.165) is 5.56 Å². The first-order valence-electron chi connectivity index (χ1n) is 11.7. The maximum Gasteiger partial charge on any atom is 0.490 e. The predicted molar refractivity (Wildman–Crippen MR) is 129 cm³/mol. The average molecular weight is 612 g/mol. The second kappa shape index (κ2) is 16.1. The summed E-state index contributed by atoms with van der Waals surface area (Å²) in [5.74, 6) is -5.63. The number of nitrogens with one attached hydrogen (secondary N) is 3. The third-order valence-electron chi connectivity index (χ3n) is 5.32. The molecule has 232 valence electrons. The van der Waals surface area contributed by atoms with Crippen molar-refractivity contribution < 1.29 is 65.7 Å². The fraction of sp³-hybridized carbons (Fsp3) is 0.375. The van der Waals surface area contributed by atoms with Crippen LogP contribution in [0.4, 0.5) is 26.3 Å². The summed E-state index contributed by atoms with van der Waals surface area (Å²) in [7, 11) is 0. The number of carboxylic acid groups (broad SMARTS) is 2. The van der Waals surface area contributed by atoms with Crippen molar-refractivity contribution in [2.45, 2.75) is 43.8 Å². The number of rotatable bonds is 7. The molecule has 1 aliphatic rings. The second-order valence-electron chi connectivity index (χ2n) is 8.47. The van der Waals surface area contributed by atoms with Crippen LogP contribution in [0.25, 0.3) is 0 Å². The number of hydrogen-bond donors (Lipinski definition) is 6. The lowest BCUT2D eigenvalue weighted by Crippen LogP contribution is -2.56. The van der Waals surface area contributed by atoms with Crippen LogP contribution in [0.3, 0.4) is 0 Å². The van der Waals surface area contributed by atoms with Gasteiger partial charge in [-0.25, -0.2) is 15.1 Å². The molecule has 0 bridgehead atoms. The molecule has 0 unspecified atom stereocenters. The first-order valence-corrected chi connectivity index (χ1v) is 11.7. The summed E-state index contributed by atoms with van der Waals surface area (Å²) in [6.07, 6.45) is -5.50. The van der Waals surface area contributed by atoms with E-state index in [1.165, 1.54) is 0 Å². The zero-order valence-electron chi connectivity index (χ0n) is 21.5. The molecule has 2 heterocycles. The van der Waals surface area contributed by atoms with Crippen LogP contribution in [-0.4, -0.2) is 75.1 Å². The van der Waals surface area contributed by atoms with Gasteiger partial charge in [-0.15, -0.1) is 0 Å². The SMILES string of the molecule is O=C(CC1(NC(=O)c2ccc(OCc3ccncc3)cc2)CCNCC1)NO.O=C(O)C(F)(F)F.O=C(O)C(F)(F)F. The van der Waals surface area contributed by atoms with Crippen molar-refractivity contribution in [2.75, 3.05) is 13.1 Å². The maximum atomic E-state index is 12.7. The predicted octanol–water partition coefficient (Wildman–Crippen LogP) is 2.67. The van der Waals surface area contributed by atoms with Gasteiger partial charge in [-0.05, 0) is 67.9 Å². The Balaban J connectivity index is 0.000000522. The molecule has 2 amide bonds. The number of hydroxylamine groups is 1. The topological polar surface area (TPSA) is 187 Å². The van der Waals surface area contributed by atoms with Gasteiger partial charge in [-0.2, -0.15) is 26.3 Å². The summed E-state index contributed by atoms with van der Waals surface area (Å²) in [6, 6.07) is 10.6. The van der Waals surface area contributed by atoms with E-state index in [0.29, 0.717) is 43.9 Å². The highest BCUT2D eigenvalue weighted by molar-refractivity contribution is 5.95. The number of amides is 2. The van der Waals surface area contributed by atoms with Gasteiger partial charge in [0, 0.05) is 18.0 Å². The van der Waals surface area contributed by atoms with Crippen LogP contribution in [0.2, 0.25) is 0 Å². The number of piperidine rings is 1. The quantitative estimate of drug-likeness (QED) is 0.154. The minimum atomic E-state index is -5.08. The summed E-state index contributed by atoms with van der Waals surface area (Å²) in [4.78, 5) is 46.1. The van der Waals surface area contributed by atoms with Crippen LogP contribution in [0.15, 0.2) is 48.8 Å². The van der Waals surface area contributed by atoms with E-state index in [2.05, 4.69) is 15.6 Å². The van der Waals surface area contributed by atoms with E-state index in [9.17, 15) is 35.9 Å². The monoisotopic (exact) mass is 612 g/mol.